The van der Waals surface area contributed by atoms with E-state index in [9.17, 15) is 9.59 Å². The van der Waals surface area contributed by atoms with Crippen molar-refractivity contribution in [2.24, 2.45) is 0 Å². The largest absolute Gasteiger partial charge is 0.441 e. The number of benzene rings is 2. The summed E-state index contributed by atoms with van der Waals surface area (Å²) in [6.45, 7) is 4.36. The first kappa shape index (κ1) is 21.3. The number of aryl methyl sites for hydroxylation is 1. The molecule has 2 amide bonds. The highest BCUT2D eigenvalue weighted by Gasteiger charge is 2.14. The molecule has 0 unspecified atom stereocenters. The first-order valence-electron chi connectivity index (χ1n) is 10.1. The van der Waals surface area contributed by atoms with Crippen LogP contribution in [0, 0.1) is 0 Å². The average Bonchev–Trinajstić information content (AvgIpc) is 3.25. The summed E-state index contributed by atoms with van der Waals surface area (Å²) in [5, 5.41) is 2.89. The van der Waals surface area contributed by atoms with E-state index in [-0.39, 0.29) is 17.9 Å². The predicted octanol–water partition coefficient (Wildman–Crippen LogP) is 4.07. The van der Waals surface area contributed by atoms with Crippen LogP contribution in [0.3, 0.4) is 0 Å². The van der Waals surface area contributed by atoms with Gasteiger partial charge in [0.1, 0.15) is 0 Å². The van der Waals surface area contributed by atoms with Crippen molar-refractivity contribution in [2.75, 3.05) is 7.05 Å². The highest BCUT2D eigenvalue weighted by Crippen LogP contribution is 2.20. The molecule has 0 radical (unpaired) electrons. The van der Waals surface area contributed by atoms with E-state index < -0.39 is 0 Å². The van der Waals surface area contributed by atoms with Crippen molar-refractivity contribution in [3.8, 4) is 11.3 Å². The Hall–Kier alpha value is -3.41. The summed E-state index contributed by atoms with van der Waals surface area (Å²) in [5.74, 6) is 1.15. The van der Waals surface area contributed by atoms with Crippen LogP contribution in [0.25, 0.3) is 11.3 Å². The van der Waals surface area contributed by atoms with Gasteiger partial charge in [0.25, 0.3) is 5.91 Å². The highest BCUT2D eigenvalue weighted by atomic mass is 16.4. The number of nitrogens with one attached hydrogen (secondary N) is 1. The van der Waals surface area contributed by atoms with E-state index in [0.29, 0.717) is 36.6 Å². The van der Waals surface area contributed by atoms with Crippen LogP contribution in [0.15, 0.2) is 65.2 Å². The summed E-state index contributed by atoms with van der Waals surface area (Å²) >= 11 is 0. The Morgan fingerprint density at radius 3 is 2.43 bits per heavy atom. The topological polar surface area (TPSA) is 75.4 Å². The minimum atomic E-state index is -0.0749. The number of rotatable bonds is 8. The van der Waals surface area contributed by atoms with Crippen LogP contribution in [0.2, 0.25) is 0 Å². The number of aromatic nitrogens is 1. The monoisotopic (exact) mass is 405 g/mol. The fourth-order valence-electron chi connectivity index (χ4n) is 2.87. The van der Waals surface area contributed by atoms with Crippen molar-refractivity contribution >= 4 is 11.8 Å². The molecule has 1 heterocycles. The van der Waals surface area contributed by atoms with E-state index in [1.807, 2.05) is 56.3 Å². The summed E-state index contributed by atoms with van der Waals surface area (Å²) in [7, 11) is 1.79. The van der Waals surface area contributed by atoms with Crippen molar-refractivity contribution in [2.45, 2.75) is 39.3 Å². The quantitative estimate of drug-likeness (QED) is 0.613. The zero-order valence-electron chi connectivity index (χ0n) is 17.6. The van der Waals surface area contributed by atoms with Crippen LogP contribution in [0.5, 0.6) is 0 Å². The number of amides is 2. The van der Waals surface area contributed by atoms with Crippen LogP contribution in [0.4, 0.5) is 0 Å². The van der Waals surface area contributed by atoms with E-state index >= 15 is 0 Å². The zero-order chi connectivity index (χ0) is 21.5. The molecule has 0 aliphatic carbocycles. The number of oxazole rings is 1. The second kappa shape index (κ2) is 9.87. The van der Waals surface area contributed by atoms with Gasteiger partial charge in [0.2, 0.25) is 5.91 Å². The summed E-state index contributed by atoms with van der Waals surface area (Å²) in [6, 6.07) is 17.2. The smallest absolute Gasteiger partial charge is 0.253 e. The summed E-state index contributed by atoms with van der Waals surface area (Å²) in [6.07, 6.45) is 2.42. The van der Waals surface area contributed by atoms with Crippen LogP contribution < -0.4 is 5.32 Å². The lowest BCUT2D eigenvalue weighted by atomic mass is 10.1. The number of hydrogen-bond donors (Lipinski definition) is 1. The van der Waals surface area contributed by atoms with E-state index in [1.54, 1.807) is 30.3 Å². The first-order valence-corrected chi connectivity index (χ1v) is 10.1. The van der Waals surface area contributed by atoms with Crippen molar-refractivity contribution in [1.82, 2.24) is 15.2 Å². The Bertz CT molecular complexity index is 978. The molecule has 0 bridgehead atoms. The van der Waals surface area contributed by atoms with Crippen LogP contribution >= 0.6 is 0 Å². The maximum atomic E-state index is 12.3. The molecule has 1 N–H and O–H groups in total. The average molecular weight is 405 g/mol. The molecule has 30 heavy (non-hydrogen) atoms. The maximum Gasteiger partial charge on any atom is 0.253 e. The summed E-state index contributed by atoms with van der Waals surface area (Å²) in [4.78, 5) is 30.4. The molecule has 6 nitrogen and oxygen atoms in total. The van der Waals surface area contributed by atoms with Crippen molar-refractivity contribution in [1.29, 1.82) is 0 Å². The Labute approximate surface area is 176 Å². The maximum absolute atomic E-state index is 12.3. The molecule has 3 aromatic rings. The van der Waals surface area contributed by atoms with Gasteiger partial charge in [-0.15, -0.1) is 0 Å². The fourth-order valence-corrected chi connectivity index (χ4v) is 2.87. The van der Waals surface area contributed by atoms with Crippen LogP contribution in [-0.4, -0.2) is 34.8 Å². The van der Waals surface area contributed by atoms with Crippen LogP contribution in [-0.2, 0) is 17.8 Å². The predicted molar refractivity (Wildman–Crippen MR) is 116 cm³/mol. The molecule has 1 aromatic heterocycles. The molecule has 2 aromatic carbocycles. The molecule has 6 heteroatoms. The van der Waals surface area contributed by atoms with Gasteiger partial charge in [-0.05, 0) is 31.5 Å². The van der Waals surface area contributed by atoms with E-state index in [4.69, 9.17) is 4.42 Å². The molecule has 0 fully saturated rings. The molecular formula is C24H27N3O3. The van der Waals surface area contributed by atoms with Gasteiger partial charge in [0.05, 0.1) is 6.20 Å². The van der Waals surface area contributed by atoms with Gasteiger partial charge in [0, 0.05) is 43.6 Å². The first-order chi connectivity index (χ1) is 14.4. The fraction of sp³-hybridized carbons (Fsp3) is 0.292. The van der Waals surface area contributed by atoms with Gasteiger partial charge in [-0.3, -0.25) is 9.59 Å². The highest BCUT2D eigenvalue weighted by molar-refractivity contribution is 5.94. The lowest BCUT2D eigenvalue weighted by Crippen LogP contribution is -2.32. The van der Waals surface area contributed by atoms with E-state index in [0.717, 1.165) is 11.1 Å². The standard InChI is InChI=1S/C24H27N3O3/c1-17(2)27(3)24(29)20-11-9-18(10-12-20)15-25-22(28)13-14-23-26-16-21(30-23)19-7-5-4-6-8-19/h4-12,16-17H,13-15H2,1-3H3,(H,25,28). The summed E-state index contributed by atoms with van der Waals surface area (Å²) < 4.78 is 5.73. The lowest BCUT2D eigenvalue weighted by molar-refractivity contribution is -0.121. The summed E-state index contributed by atoms with van der Waals surface area (Å²) in [5.41, 5.74) is 2.54. The minimum Gasteiger partial charge on any atom is -0.441 e. The number of hydrogen-bond acceptors (Lipinski definition) is 4. The Kier molecular flexibility index (Phi) is 7.01. The molecule has 3 rings (SSSR count). The number of nitrogens with zero attached hydrogens (tertiary/aromatic N) is 2. The third-order valence-corrected chi connectivity index (χ3v) is 4.96. The SMILES string of the molecule is CC(C)N(C)C(=O)c1ccc(CNC(=O)CCc2ncc(-c3ccccc3)o2)cc1. The van der Waals surface area contributed by atoms with Crippen LogP contribution in [0.1, 0.15) is 42.1 Å². The molecular weight excluding hydrogens is 378 g/mol. The molecule has 0 atom stereocenters. The van der Waals surface area contributed by atoms with E-state index in [1.165, 1.54) is 0 Å². The Morgan fingerprint density at radius 1 is 1.07 bits per heavy atom. The lowest BCUT2D eigenvalue weighted by Gasteiger charge is -2.21. The molecule has 0 aliphatic rings. The second-order valence-corrected chi connectivity index (χ2v) is 7.47. The van der Waals surface area contributed by atoms with Crippen molar-refractivity contribution < 1.29 is 14.0 Å². The molecule has 0 saturated carbocycles. The molecule has 156 valence electrons. The van der Waals surface area contributed by atoms with Gasteiger partial charge < -0.3 is 14.6 Å². The van der Waals surface area contributed by atoms with Crippen molar-refractivity contribution in [3.05, 3.63) is 77.8 Å². The van der Waals surface area contributed by atoms with Gasteiger partial charge in [0.15, 0.2) is 11.7 Å². The minimum absolute atomic E-state index is 0.0126. The zero-order valence-corrected chi connectivity index (χ0v) is 17.6. The van der Waals surface area contributed by atoms with Crippen molar-refractivity contribution in [3.63, 3.8) is 0 Å². The van der Waals surface area contributed by atoms with Gasteiger partial charge >= 0.3 is 0 Å². The molecule has 0 aliphatic heterocycles. The van der Waals surface area contributed by atoms with Gasteiger partial charge in [-0.1, -0.05) is 42.5 Å². The van der Waals surface area contributed by atoms with Gasteiger partial charge in [-0.25, -0.2) is 4.98 Å². The molecule has 0 saturated heterocycles. The second-order valence-electron chi connectivity index (χ2n) is 7.47. The Balaban J connectivity index is 1.46. The normalized spacial score (nSPS) is 10.8. The van der Waals surface area contributed by atoms with E-state index in [2.05, 4.69) is 10.3 Å². The molecule has 0 spiro atoms. The number of carbonyl (C=O) groups is 2. The number of carbonyl (C=O) groups excluding carboxylic acids is 2. The Morgan fingerprint density at radius 2 is 1.77 bits per heavy atom. The van der Waals surface area contributed by atoms with Gasteiger partial charge in [-0.2, -0.15) is 0 Å². The third kappa shape index (κ3) is 5.56. The third-order valence-electron chi connectivity index (χ3n) is 4.96.